The Kier molecular flexibility index (Phi) is 2.93. The number of fused-ring (bicyclic) bond motifs is 3. The van der Waals surface area contributed by atoms with Gasteiger partial charge in [0, 0.05) is 17.8 Å². The number of carbonyl (C=O) groups excluding carboxylic acids is 2. The van der Waals surface area contributed by atoms with E-state index < -0.39 is 0 Å². The summed E-state index contributed by atoms with van der Waals surface area (Å²) in [5.41, 5.74) is 1.17. The fourth-order valence-electron chi connectivity index (χ4n) is 4.28. The molecule has 3 aliphatic carbocycles. The molecule has 0 aromatic heterocycles. The number of hydrogen-bond donors (Lipinski definition) is 0. The minimum atomic E-state index is -0.281. The second kappa shape index (κ2) is 4.41. The summed E-state index contributed by atoms with van der Waals surface area (Å²) in [5.74, 6) is 1.10. The first kappa shape index (κ1) is 13.3. The highest BCUT2D eigenvalue weighted by molar-refractivity contribution is 6.08. The van der Waals surface area contributed by atoms with Gasteiger partial charge < -0.3 is 0 Å². The molecule has 2 saturated carbocycles. The van der Waals surface area contributed by atoms with Crippen LogP contribution in [0, 0.1) is 34.5 Å². The molecular formula is C17H19NO2. The summed E-state index contributed by atoms with van der Waals surface area (Å²) >= 11 is 0. The first-order chi connectivity index (χ1) is 9.45. The maximum absolute atomic E-state index is 12.2. The molecule has 3 aliphatic rings. The molecule has 20 heavy (non-hydrogen) atoms. The van der Waals surface area contributed by atoms with E-state index in [-0.39, 0.29) is 22.7 Å². The molecule has 3 unspecified atom stereocenters. The van der Waals surface area contributed by atoms with Crippen molar-refractivity contribution in [2.45, 2.75) is 39.5 Å². The number of Topliss-reactive ketones (excluding diaryl/α,β-unsaturated/α-hetero) is 1. The van der Waals surface area contributed by atoms with E-state index in [0.29, 0.717) is 24.0 Å². The lowest BCUT2D eigenvalue weighted by molar-refractivity contribution is -0.135. The molecule has 3 nitrogen and oxygen atoms in total. The molecule has 0 heterocycles. The lowest BCUT2D eigenvalue weighted by atomic mass is 9.54. The smallest absolute Gasteiger partial charge is 0.196 e. The van der Waals surface area contributed by atoms with E-state index in [1.165, 1.54) is 5.57 Å². The molecule has 3 rings (SSSR count). The van der Waals surface area contributed by atoms with Gasteiger partial charge in [0.2, 0.25) is 0 Å². The van der Waals surface area contributed by atoms with Gasteiger partial charge in [-0.1, -0.05) is 25.5 Å². The Morgan fingerprint density at radius 3 is 2.70 bits per heavy atom. The van der Waals surface area contributed by atoms with Gasteiger partial charge in [-0.3, -0.25) is 9.59 Å². The van der Waals surface area contributed by atoms with E-state index in [0.717, 1.165) is 19.3 Å². The predicted octanol–water partition coefficient (Wildman–Crippen LogP) is 2.98. The van der Waals surface area contributed by atoms with E-state index in [2.05, 4.69) is 0 Å². The van der Waals surface area contributed by atoms with Gasteiger partial charge in [-0.15, -0.1) is 0 Å². The molecule has 0 bridgehead atoms. The first-order valence-electron chi connectivity index (χ1n) is 7.36. The highest BCUT2D eigenvalue weighted by Gasteiger charge is 2.49. The third-order valence-electron chi connectivity index (χ3n) is 5.51. The molecule has 0 N–H and O–H groups in total. The number of allylic oxidation sites excluding steroid dienone is 4. The fourth-order valence-corrected chi connectivity index (χ4v) is 4.28. The average Bonchev–Trinajstić information content (AvgIpc) is 2.42. The topological polar surface area (TPSA) is 57.9 Å². The average molecular weight is 269 g/mol. The van der Waals surface area contributed by atoms with Crippen LogP contribution in [0.3, 0.4) is 0 Å². The molecule has 0 aromatic rings. The van der Waals surface area contributed by atoms with E-state index in [9.17, 15) is 9.59 Å². The molecule has 0 spiro atoms. The number of rotatable bonds is 0. The van der Waals surface area contributed by atoms with Crippen LogP contribution in [0.5, 0.6) is 0 Å². The molecule has 0 aromatic carbocycles. The van der Waals surface area contributed by atoms with Gasteiger partial charge in [0.1, 0.15) is 11.9 Å². The summed E-state index contributed by atoms with van der Waals surface area (Å²) in [6.07, 6.45) is 6.96. The predicted molar refractivity (Wildman–Crippen MR) is 74.5 cm³/mol. The molecule has 3 heteroatoms. The number of nitriles is 1. The second-order valence-corrected chi connectivity index (χ2v) is 6.78. The van der Waals surface area contributed by atoms with Crippen molar-refractivity contribution in [3.63, 3.8) is 0 Å². The monoisotopic (exact) mass is 269 g/mol. The number of nitrogens with zero attached hydrogens (tertiary/aromatic N) is 1. The van der Waals surface area contributed by atoms with Gasteiger partial charge in [0.05, 0.1) is 5.57 Å². The SMILES string of the molecule is CC1(C)C(=O)CCC2C3=CC(=O)C(C#N)=CC3CCC21. The Balaban J connectivity index is 1.97. The van der Waals surface area contributed by atoms with E-state index in [1.54, 1.807) is 6.08 Å². The van der Waals surface area contributed by atoms with Crippen LogP contribution in [0.25, 0.3) is 0 Å². The van der Waals surface area contributed by atoms with Crippen LogP contribution < -0.4 is 0 Å². The third-order valence-corrected chi connectivity index (χ3v) is 5.51. The van der Waals surface area contributed by atoms with Crippen LogP contribution in [-0.2, 0) is 9.59 Å². The summed E-state index contributed by atoms with van der Waals surface area (Å²) in [6, 6.07) is 1.99. The van der Waals surface area contributed by atoms with E-state index in [4.69, 9.17) is 5.26 Å². The van der Waals surface area contributed by atoms with Crippen molar-refractivity contribution in [1.29, 1.82) is 5.26 Å². The van der Waals surface area contributed by atoms with Crippen molar-refractivity contribution in [2.75, 3.05) is 0 Å². The van der Waals surface area contributed by atoms with Crippen LogP contribution >= 0.6 is 0 Å². The van der Waals surface area contributed by atoms with Crippen molar-refractivity contribution in [3.8, 4) is 6.07 Å². The number of carbonyl (C=O) groups is 2. The van der Waals surface area contributed by atoms with E-state index >= 15 is 0 Å². The van der Waals surface area contributed by atoms with Crippen molar-refractivity contribution >= 4 is 11.6 Å². The van der Waals surface area contributed by atoms with Crippen LogP contribution in [0.2, 0.25) is 0 Å². The van der Waals surface area contributed by atoms with E-state index in [1.807, 2.05) is 26.0 Å². The van der Waals surface area contributed by atoms with Crippen molar-refractivity contribution < 1.29 is 9.59 Å². The Labute approximate surface area is 119 Å². The summed E-state index contributed by atoms with van der Waals surface area (Å²) in [6.45, 7) is 4.10. The molecule has 0 amide bonds. The summed E-state index contributed by atoms with van der Waals surface area (Å²) < 4.78 is 0. The van der Waals surface area contributed by atoms with Crippen LogP contribution in [0.4, 0.5) is 0 Å². The minimum absolute atomic E-state index is 0.158. The highest BCUT2D eigenvalue weighted by atomic mass is 16.1. The van der Waals surface area contributed by atoms with Gasteiger partial charge in [0.25, 0.3) is 0 Å². The van der Waals surface area contributed by atoms with Gasteiger partial charge in [0.15, 0.2) is 5.78 Å². The van der Waals surface area contributed by atoms with Gasteiger partial charge >= 0.3 is 0 Å². The Hall–Kier alpha value is -1.69. The first-order valence-corrected chi connectivity index (χ1v) is 7.36. The normalized spacial score (nSPS) is 35.4. The van der Waals surface area contributed by atoms with Gasteiger partial charge in [-0.25, -0.2) is 0 Å². The molecule has 3 atom stereocenters. The van der Waals surface area contributed by atoms with Crippen molar-refractivity contribution in [2.24, 2.45) is 23.2 Å². The van der Waals surface area contributed by atoms with Gasteiger partial charge in [-0.2, -0.15) is 5.26 Å². The second-order valence-electron chi connectivity index (χ2n) is 6.78. The lowest BCUT2D eigenvalue weighted by Gasteiger charge is -2.49. The molecule has 0 aliphatic heterocycles. The molecule has 2 fully saturated rings. The number of hydrogen-bond acceptors (Lipinski definition) is 3. The summed E-state index contributed by atoms with van der Waals surface area (Å²) in [4.78, 5) is 24.1. The zero-order chi connectivity index (χ0) is 14.5. The Morgan fingerprint density at radius 1 is 1.25 bits per heavy atom. The fraction of sp³-hybridized carbons (Fsp3) is 0.588. The largest absolute Gasteiger partial charge is 0.299 e. The maximum atomic E-state index is 12.2. The van der Waals surface area contributed by atoms with Crippen LogP contribution in [0.15, 0.2) is 23.3 Å². The quantitative estimate of drug-likeness (QED) is 0.679. The molecule has 0 saturated heterocycles. The summed E-state index contributed by atoms with van der Waals surface area (Å²) in [7, 11) is 0. The lowest BCUT2D eigenvalue weighted by Crippen LogP contribution is -2.46. The third kappa shape index (κ3) is 1.78. The van der Waals surface area contributed by atoms with Crippen molar-refractivity contribution in [1.82, 2.24) is 0 Å². The number of ketones is 2. The molecule has 104 valence electrons. The highest BCUT2D eigenvalue weighted by Crippen LogP contribution is 2.53. The Morgan fingerprint density at radius 2 is 2.00 bits per heavy atom. The Bertz CT molecular complexity index is 589. The van der Waals surface area contributed by atoms with Crippen molar-refractivity contribution in [3.05, 3.63) is 23.3 Å². The maximum Gasteiger partial charge on any atom is 0.196 e. The van der Waals surface area contributed by atoms with Crippen LogP contribution in [0.1, 0.15) is 39.5 Å². The zero-order valence-corrected chi connectivity index (χ0v) is 12.0. The molecular weight excluding hydrogens is 250 g/mol. The zero-order valence-electron chi connectivity index (χ0n) is 12.0. The minimum Gasteiger partial charge on any atom is -0.299 e. The summed E-state index contributed by atoms with van der Waals surface area (Å²) in [5, 5.41) is 8.99. The van der Waals surface area contributed by atoms with Crippen LogP contribution in [-0.4, -0.2) is 11.6 Å². The van der Waals surface area contributed by atoms with Gasteiger partial charge in [-0.05, 0) is 37.2 Å². The molecule has 0 radical (unpaired) electrons. The standard InChI is InChI=1S/C17H19NO2/c1-17(2)14-5-3-10-7-11(9-18)15(19)8-13(10)12(14)4-6-16(17)20/h7-8,10,12,14H,3-6H2,1-2H3.